The van der Waals surface area contributed by atoms with Gasteiger partial charge in [0.05, 0.1) is 12.6 Å². The molecule has 1 saturated heterocycles. The summed E-state index contributed by atoms with van der Waals surface area (Å²) in [6.45, 7) is 9.67. The fraction of sp³-hybridized carbons (Fsp3) is 0.667. The molecular formula is C21H33N3O2. The van der Waals surface area contributed by atoms with Crippen molar-refractivity contribution >= 4 is 6.03 Å². The number of hydrogen-bond donors (Lipinski definition) is 2. The molecule has 0 unspecified atom stereocenters. The molecule has 3 rings (SSSR count). The highest BCUT2D eigenvalue weighted by Gasteiger charge is 2.23. The van der Waals surface area contributed by atoms with Crippen LogP contribution in [0, 0.1) is 11.8 Å². The van der Waals surface area contributed by atoms with Gasteiger partial charge in [-0.2, -0.15) is 0 Å². The summed E-state index contributed by atoms with van der Waals surface area (Å²) in [5, 5.41) is 6.09. The molecule has 0 radical (unpaired) electrons. The van der Waals surface area contributed by atoms with Gasteiger partial charge in [0.1, 0.15) is 5.75 Å². The number of urea groups is 1. The van der Waals surface area contributed by atoms with Gasteiger partial charge in [0.25, 0.3) is 0 Å². The Kier molecular flexibility index (Phi) is 6.78. The molecule has 0 aliphatic carbocycles. The summed E-state index contributed by atoms with van der Waals surface area (Å²) < 4.78 is 5.64. The van der Waals surface area contributed by atoms with Crippen molar-refractivity contribution < 1.29 is 9.53 Å². The Morgan fingerprint density at radius 2 is 1.96 bits per heavy atom. The van der Waals surface area contributed by atoms with E-state index >= 15 is 0 Å². The van der Waals surface area contributed by atoms with Crippen LogP contribution in [0.5, 0.6) is 5.75 Å². The van der Waals surface area contributed by atoms with Crippen LogP contribution < -0.4 is 15.4 Å². The fourth-order valence-electron chi connectivity index (χ4n) is 4.34. The monoisotopic (exact) mass is 359 g/mol. The lowest BCUT2D eigenvalue weighted by atomic mass is 9.92. The van der Waals surface area contributed by atoms with E-state index in [1.165, 1.54) is 19.5 Å². The summed E-state index contributed by atoms with van der Waals surface area (Å²) >= 11 is 0. The second-order valence-electron chi connectivity index (χ2n) is 8.04. The second-order valence-corrected chi connectivity index (χ2v) is 8.04. The van der Waals surface area contributed by atoms with E-state index < -0.39 is 0 Å². The van der Waals surface area contributed by atoms with Gasteiger partial charge < -0.3 is 20.3 Å². The van der Waals surface area contributed by atoms with E-state index in [2.05, 4.69) is 29.4 Å². The number of likely N-dealkylation sites (tertiary alicyclic amines) is 1. The zero-order valence-electron chi connectivity index (χ0n) is 16.2. The van der Waals surface area contributed by atoms with Gasteiger partial charge in [-0.25, -0.2) is 4.79 Å². The third-order valence-electron chi connectivity index (χ3n) is 5.40. The first kappa shape index (κ1) is 19.0. The summed E-state index contributed by atoms with van der Waals surface area (Å²) in [6.07, 6.45) is 4.33. The van der Waals surface area contributed by atoms with Crippen molar-refractivity contribution in [1.82, 2.24) is 15.5 Å². The van der Waals surface area contributed by atoms with Gasteiger partial charge in [0.15, 0.2) is 0 Å². The van der Waals surface area contributed by atoms with Gasteiger partial charge in [-0.05, 0) is 43.7 Å². The van der Waals surface area contributed by atoms with E-state index in [1.54, 1.807) is 0 Å². The highest BCUT2D eigenvalue weighted by atomic mass is 16.5. The molecule has 0 aromatic heterocycles. The van der Waals surface area contributed by atoms with Gasteiger partial charge in [-0.15, -0.1) is 0 Å². The molecule has 1 aromatic rings. The number of hydrogen-bond acceptors (Lipinski definition) is 3. The minimum atomic E-state index is -0.0769. The Labute approximate surface area is 157 Å². The highest BCUT2D eigenvalue weighted by molar-refractivity contribution is 5.74. The minimum absolute atomic E-state index is 0.0382. The van der Waals surface area contributed by atoms with Gasteiger partial charge in [-0.3, -0.25) is 0 Å². The van der Waals surface area contributed by atoms with Crippen molar-refractivity contribution in [3.63, 3.8) is 0 Å². The van der Waals surface area contributed by atoms with Crippen LogP contribution in [-0.4, -0.2) is 43.7 Å². The van der Waals surface area contributed by atoms with Gasteiger partial charge >= 0.3 is 6.03 Å². The molecule has 0 bridgehead atoms. The SMILES string of the molecule is C[C@@H]1C[C@@H](C)CN(CCCCNC(=O)N[C@@H]2CCOc3ccccc32)C1. The number of para-hydroxylation sites is 1. The Morgan fingerprint density at radius 3 is 2.77 bits per heavy atom. The molecule has 2 heterocycles. The number of fused-ring (bicyclic) bond motifs is 1. The normalized spacial score (nSPS) is 25.8. The second kappa shape index (κ2) is 9.26. The molecule has 2 aliphatic heterocycles. The Hall–Kier alpha value is -1.75. The zero-order chi connectivity index (χ0) is 18.4. The van der Waals surface area contributed by atoms with E-state index in [4.69, 9.17) is 4.74 Å². The summed E-state index contributed by atoms with van der Waals surface area (Å²) in [4.78, 5) is 14.8. The summed E-state index contributed by atoms with van der Waals surface area (Å²) in [6, 6.07) is 7.90. The number of carbonyl (C=O) groups is 1. The van der Waals surface area contributed by atoms with E-state index in [1.807, 2.05) is 24.3 Å². The molecule has 1 fully saturated rings. The van der Waals surface area contributed by atoms with Gasteiger partial charge in [0.2, 0.25) is 0 Å². The third-order valence-corrected chi connectivity index (χ3v) is 5.40. The first-order valence-corrected chi connectivity index (χ1v) is 10.1. The topological polar surface area (TPSA) is 53.6 Å². The Bertz CT molecular complexity index is 582. The smallest absolute Gasteiger partial charge is 0.315 e. The van der Waals surface area contributed by atoms with Crippen molar-refractivity contribution in [1.29, 1.82) is 0 Å². The number of benzene rings is 1. The van der Waals surface area contributed by atoms with Crippen molar-refractivity contribution in [2.45, 2.75) is 45.6 Å². The molecular weight excluding hydrogens is 326 g/mol. The third kappa shape index (κ3) is 5.37. The summed E-state index contributed by atoms with van der Waals surface area (Å²) in [5.41, 5.74) is 1.07. The lowest BCUT2D eigenvalue weighted by Crippen LogP contribution is -2.41. The van der Waals surface area contributed by atoms with Crippen LogP contribution in [-0.2, 0) is 0 Å². The molecule has 0 spiro atoms. The molecule has 26 heavy (non-hydrogen) atoms. The molecule has 2 amide bonds. The molecule has 0 saturated carbocycles. The summed E-state index contributed by atoms with van der Waals surface area (Å²) in [7, 11) is 0. The Balaban J connectivity index is 1.33. The van der Waals surface area contributed by atoms with Crippen molar-refractivity contribution in [3.05, 3.63) is 29.8 Å². The predicted molar refractivity (Wildman–Crippen MR) is 104 cm³/mol. The first-order chi connectivity index (χ1) is 12.6. The van der Waals surface area contributed by atoms with Gasteiger partial charge in [-0.1, -0.05) is 32.0 Å². The standard InChI is InChI=1S/C21H33N3O2/c1-16-13-17(2)15-24(14-16)11-6-5-10-22-21(25)23-19-9-12-26-20-8-4-3-7-18(19)20/h3-4,7-8,16-17,19H,5-6,9-15H2,1-2H3,(H2,22,23,25)/t16-,17-,19-/m1/s1. The Morgan fingerprint density at radius 1 is 1.19 bits per heavy atom. The van der Waals surface area contributed by atoms with Gasteiger partial charge in [0, 0.05) is 31.6 Å². The zero-order valence-corrected chi connectivity index (χ0v) is 16.2. The number of rotatable bonds is 6. The van der Waals surface area contributed by atoms with Crippen LogP contribution in [0.25, 0.3) is 0 Å². The van der Waals surface area contributed by atoms with Crippen molar-refractivity contribution in [2.24, 2.45) is 11.8 Å². The van der Waals surface area contributed by atoms with E-state index in [0.717, 1.165) is 55.5 Å². The summed E-state index contributed by atoms with van der Waals surface area (Å²) in [5.74, 6) is 2.50. The molecule has 5 nitrogen and oxygen atoms in total. The maximum atomic E-state index is 12.2. The fourth-order valence-corrected chi connectivity index (χ4v) is 4.34. The highest BCUT2D eigenvalue weighted by Crippen LogP contribution is 2.31. The van der Waals surface area contributed by atoms with Crippen molar-refractivity contribution in [3.8, 4) is 5.75 Å². The van der Waals surface area contributed by atoms with Crippen LogP contribution in [0.15, 0.2) is 24.3 Å². The lowest BCUT2D eigenvalue weighted by Gasteiger charge is -2.34. The molecule has 144 valence electrons. The minimum Gasteiger partial charge on any atom is -0.493 e. The van der Waals surface area contributed by atoms with Crippen LogP contribution in [0.2, 0.25) is 0 Å². The van der Waals surface area contributed by atoms with E-state index in [0.29, 0.717) is 6.61 Å². The number of piperidine rings is 1. The van der Waals surface area contributed by atoms with E-state index in [9.17, 15) is 4.79 Å². The first-order valence-electron chi connectivity index (χ1n) is 10.1. The lowest BCUT2D eigenvalue weighted by molar-refractivity contribution is 0.139. The number of unbranched alkanes of at least 4 members (excludes halogenated alkanes) is 1. The van der Waals surface area contributed by atoms with Crippen LogP contribution >= 0.6 is 0 Å². The maximum absolute atomic E-state index is 12.2. The number of amides is 2. The number of nitrogens with zero attached hydrogens (tertiary/aromatic N) is 1. The number of nitrogens with one attached hydrogen (secondary N) is 2. The number of ether oxygens (including phenoxy) is 1. The molecule has 1 aromatic carbocycles. The average molecular weight is 360 g/mol. The molecule has 5 heteroatoms. The molecule has 2 aliphatic rings. The van der Waals surface area contributed by atoms with Crippen LogP contribution in [0.3, 0.4) is 0 Å². The van der Waals surface area contributed by atoms with Crippen LogP contribution in [0.1, 0.15) is 51.1 Å². The van der Waals surface area contributed by atoms with Crippen molar-refractivity contribution in [2.75, 3.05) is 32.8 Å². The molecule has 2 N–H and O–H groups in total. The maximum Gasteiger partial charge on any atom is 0.315 e. The largest absolute Gasteiger partial charge is 0.493 e. The number of carbonyl (C=O) groups excluding carboxylic acids is 1. The van der Waals surface area contributed by atoms with Crippen LogP contribution in [0.4, 0.5) is 4.79 Å². The molecule has 3 atom stereocenters. The average Bonchev–Trinajstić information content (AvgIpc) is 2.61. The van der Waals surface area contributed by atoms with E-state index in [-0.39, 0.29) is 12.1 Å². The quantitative estimate of drug-likeness (QED) is 0.764. The predicted octanol–water partition coefficient (Wildman–Crippen LogP) is 3.57.